The average molecular weight is 240 g/mol. The number of aldehydes is 1. The fourth-order valence-electron chi connectivity index (χ4n) is 2.47. The van der Waals surface area contributed by atoms with Crippen molar-refractivity contribution < 1.29 is 19.1 Å². The number of Topliss-reactive ketones (excluding diaryl/α,β-unsaturated/α-hetero) is 1. The Labute approximate surface area is 102 Å². The van der Waals surface area contributed by atoms with Gasteiger partial charge in [0, 0.05) is 12.8 Å². The molecule has 1 saturated carbocycles. The number of ketones is 1. The predicted octanol–water partition coefficient (Wildman–Crippen LogP) is 1.90. The van der Waals surface area contributed by atoms with Gasteiger partial charge >= 0.3 is 5.97 Å². The zero-order chi connectivity index (χ0) is 13.1. The van der Waals surface area contributed by atoms with Gasteiger partial charge in [-0.1, -0.05) is 13.8 Å². The number of carbonyl (C=O) groups is 3. The first-order valence-corrected chi connectivity index (χ1v) is 5.93. The lowest BCUT2D eigenvalue weighted by molar-refractivity contribution is -0.162. The van der Waals surface area contributed by atoms with Crippen molar-refractivity contribution in [3.05, 3.63) is 0 Å². The summed E-state index contributed by atoms with van der Waals surface area (Å²) in [6.07, 6.45) is 2.91. The topological polar surface area (TPSA) is 60.4 Å². The molecule has 1 aliphatic carbocycles. The van der Waals surface area contributed by atoms with Crippen LogP contribution < -0.4 is 0 Å². The highest BCUT2D eigenvalue weighted by Crippen LogP contribution is 2.45. The standard InChI is InChI=1S/C13H20O4/c1-12(2)6-7-13(5-4-8-14,10(15)9-12)11(16)17-3/h8H,4-7,9H2,1-3H3. The van der Waals surface area contributed by atoms with E-state index >= 15 is 0 Å². The Hall–Kier alpha value is -1.19. The van der Waals surface area contributed by atoms with Crippen molar-refractivity contribution in [2.45, 2.75) is 46.0 Å². The van der Waals surface area contributed by atoms with Crippen molar-refractivity contribution in [1.82, 2.24) is 0 Å². The van der Waals surface area contributed by atoms with E-state index in [9.17, 15) is 14.4 Å². The third kappa shape index (κ3) is 2.73. The maximum Gasteiger partial charge on any atom is 0.319 e. The summed E-state index contributed by atoms with van der Waals surface area (Å²) >= 11 is 0. The number of hydrogen-bond acceptors (Lipinski definition) is 4. The minimum atomic E-state index is -1.08. The van der Waals surface area contributed by atoms with Gasteiger partial charge in [0.25, 0.3) is 0 Å². The van der Waals surface area contributed by atoms with Gasteiger partial charge in [-0.25, -0.2) is 0 Å². The summed E-state index contributed by atoms with van der Waals surface area (Å²) in [6, 6.07) is 0. The van der Waals surface area contributed by atoms with Gasteiger partial charge in [0.15, 0.2) is 5.78 Å². The molecule has 0 aromatic heterocycles. The molecular weight excluding hydrogens is 220 g/mol. The quantitative estimate of drug-likeness (QED) is 0.428. The van der Waals surface area contributed by atoms with Gasteiger partial charge in [0.05, 0.1) is 7.11 Å². The molecule has 0 N–H and O–H groups in total. The second kappa shape index (κ2) is 4.98. The molecule has 0 spiro atoms. The van der Waals surface area contributed by atoms with Crippen LogP contribution in [0.3, 0.4) is 0 Å². The van der Waals surface area contributed by atoms with Gasteiger partial charge in [-0.05, 0) is 24.7 Å². The smallest absolute Gasteiger partial charge is 0.319 e. The van der Waals surface area contributed by atoms with E-state index < -0.39 is 11.4 Å². The van der Waals surface area contributed by atoms with E-state index in [2.05, 4.69) is 0 Å². The highest BCUT2D eigenvalue weighted by Gasteiger charge is 2.50. The van der Waals surface area contributed by atoms with Crippen molar-refractivity contribution in [3.63, 3.8) is 0 Å². The summed E-state index contributed by atoms with van der Waals surface area (Å²) in [5.74, 6) is -0.567. The number of hydrogen-bond donors (Lipinski definition) is 0. The largest absolute Gasteiger partial charge is 0.468 e. The SMILES string of the molecule is COC(=O)C1(CCC=O)CCC(C)(C)CC1=O. The molecule has 1 unspecified atom stereocenters. The van der Waals surface area contributed by atoms with Gasteiger partial charge in [-0.2, -0.15) is 0 Å². The van der Waals surface area contributed by atoms with Gasteiger partial charge in [-0.3, -0.25) is 9.59 Å². The Morgan fingerprint density at radius 3 is 2.53 bits per heavy atom. The Balaban J connectivity index is 2.95. The summed E-state index contributed by atoms with van der Waals surface area (Å²) in [6.45, 7) is 4.04. The zero-order valence-corrected chi connectivity index (χ0v) is 10.7. The first kappa shape index (κ1) is 13.9. The average Bonchev–Trinajstić information content (AvgIpc) is 2.27. The van der Waals surface area contributed by atoms with Gasteiger partial charge in [0.1, 0.15) is 11.7 Å². The van der Waals surface area contributed by atoms with Crippen LogP contribution in [-0.2, 0) is 19.1 Å². The van der Waals surface area contributed by atoms with Crippen molar-refractivity contribution >= 4 is 18.0 Å². The van der Waals surface area contributed by atoms with Crippen LogP contribution in [-0.4, -0.2) is 25.1 Å². The summed E-state index contributed by atoms with van der Waals surface area (Å²) in [5, 5.41) is 0. The van der Waals surface area contributed by atoms with Crippen LogP contribution in [0.15, 0.2) is 0 Å². The highest BCUT2D eigenvalue weighted by atomic mass is 16.5. The molecule has 1 atom stereocenters. The van der Waals surface area contributed by atoms with E-state index in [0.29, 0.717) is 12.8 Å². The molecule has 0 saturated heterocycles. The second-order valence-electron chi connectivity index (χ2n) is 5.54. The molecule has 0 aromatic carbocycles. The van der Waals surface area contributed by atoms with E-state index in [1.807, 2.05) is 13.8 Å². The number of ether oxygens (including phenoxy) is 1. The van der Waals surface area contributed by atoms with Crippen LogP contribution >= 0.6 is 0 Å². The van der Waals surface area contributed by atoms with Gasteiger partial charge in [-0.15, -0.1) is 0 Å². The molecule has 1 rings (SSSR count). The van der Waals surface area contributed by atoms with Crippen molar-refractivity contribution in [1.29, 1.82) is 0 Å². The summed E-state index contributed by atoms with van der Waals surface area (Å²) < 4.78 is 4.75. The monoisotopic (exact) mass is 240 g/mol. The molecule has 1 fully saturated rings. The summed E-state index contributed by atoms with van der Waals surface area (Å²) in [4.78, 5) is 34.5. The first-order chi connectivity index (χ1) is 7.88. The van der Waals surface area contributed by atoms with Crippen LogP contribution in [0.5, 0.6) is 0 Å². The number of methoxy groups -OCH3 is 1. The van der Waals surface area contributed by atoms with Gasteiger partial charge < -0.3 is 9.53 Å². The van der Waals surface area contributed by atoms with E-state index in [-0.39, 0.29) is 24.0 Å². The fourth-order valence-corrected chi connectivity index (χ4v) is 2.47. The molecule has 0 aromatic rings. The van der Waals surface area contributed by atoms with Crippen LogP contribution in [0.25, 0.3) is 0 Å². The van der Waals surface area contributed by atoms with Crippen molar-refractivity contribution in [2.75, 3.05) is 7.11 Å². The molecular formula is C13H20O4. The number of rotatable bonds is 4. The predicted molar refractivity (Wildman–Crippen MR) is 62.4 cm³/mol. The lowest BCUT2D eigenvalue weighted by Gasteiger charge is -2.39. The summed E-state index contributed by atoms with van der Waals surface area (Å²) in [7, 11) is 1.29. The van der Waals surface area contributed by atoms with Crippen LogP contribution in [0.1, 0.15) is 46.0 Å². The van der Waals surface area contributed by atoms with Crippen LogP contribution in [0.2, 0.25) is 0 Å². The number of carbonyl (C=O) groups excluding carboxylic acids is 3. The molecule has 0 heterocycles. The van der Waals surface area contributed by atoms with Crippen LogP contribution in [0, 0.1) is 10.8 Å². The molecule has 4 nitrogen and oxygen atoms in total. The van der Waals surface area contributed by atoms with Crippen LogP contribution in [0.4, 0.5) is 0 Å². The third-order valence-corrected chi connectivity index (χ3v) is 3.67. The maximum absolute atomic E-state index is 12.2. The fraction of sp³-hybridized carbons (Fsp3) is 0.769. The van der Waals surface area contributed by atoms with Crippen molar-refractivity contribution in [3.8, 4) is 0 Å². The summed E-state index contributed by atoms with van der Waals surface area (Å²) in [5.41, 5.74) is -1.14. The van der Waals surface area contributed by atoms with E-state index in [1.54, 1.807) is 0 Å². The van der Waals surface area contributed by atoms with Gasteiger partial charge in [0.2, 0.25) is 0 Å². The lowest BCUT2D eigenvalue weighted by Crippen LogP contribution is -2.46. The zero-order valence-electron chi connectivity index (χ0n) is 10.7. The molecule has 96 valence electrons. The Kier molecular flexibility index (Phi) is 4.07. The molecule has 0 radical (unpaired) electrons. The third-order valence-electron chi connectivity index (χ3n) is 3.67. The minimum Gasteiger partial charge on any atom is -0.468 e. The molecule has 0 bridgehead atoms. The first-order valence-electron chi connectivity index (χ1n) is 5.93. The minimum absolute atomic E-state index is 0.0597. The second-order valence-corrected chi connectivity index (χ2v) is 5.54. The Morgan fingerprint density at radius 1 is 1.41 bits per heavy atom. The number of esters is 1. The molecule has 4 heteroatoms. The van der Waals surface area contributed by atoms with Crippen molar-refractivity contribution in [2.24, 2.45) is 10.8 Å². The molecule has 17 heavy (non-hydrogen) atoms. The Morgan fingerprint density at radius 2 is 2.06 bits per heavy atom. The van der Waals surface area contributed by atoms with E-state index in [4.69, 9.17) is 4.74 Å². The van der Waals surface area contributed by atoms with E-state index in [0.717, 1.165) is 12.7 Å². The molecule has 0 aliphatic heterocycles. The molecule has 0 amide bonds. The Bertz CT molecular complexity index is 332. The lowest BCUT2D eigenvalue weighted by atomic mass is 9.62. The highest BCUT2D eigenvalue weighted by molar-refractivity contribution is 6.04. The normalized spacial score (nSPS) is 27.6. The maximum atomic E-state index is 12.2. The molecule has 1 aliphatic rings. The van der Waals surface area contributed by atoms with E-state index in [1.165, 1.54) is 7.11 Å².